The maximum absolute atomic E-state index is 11.8. The molecule has 4 bridgehead atoms. The van der Waals surface area contributed by atoms with Crippen LogP contribution in [-0.2, 0) is 16.1 Å². The van der Waals surface area contributed by atoms with Gasteiger partial charge >= 0.3 is 0 Å². The zero-order valence-electron chi connectivity index (χ0n) is 23.3. The number of hydrogen-bond acceptors (Lipinski definition) is 6. The lowest BCUT2D eigenvalue weighted by Crippen LogP contribution is -2.54. The van der Waals surface area contributed by atoms with Crippen LogP contribution in [-0.4, -0.2) is 61.9 Å². The molecule has 5 rings (SSSR count). The quantitative estimate of drug-likeness (QED) is 0.162. The van der Waals surface area contributed by atoms with Crippen molar-refractivity contribution in [3.05, 3.63) is 29.3 Å². The van der Waals surface area contributed by atoms with E-state index in [1.165, 1.54) is 51.4 Å². The van der Waals surface area contributed by atoms with Crippen LogP contribution in [0.15, 0.2) is 23.1 Å². The number of benzene rings is 1. The van der Waals surface area contributed by atoms with Gasteiger partial charge in [-0.25, -0.2) is 0 Å². The number of nitrogens with zero attached hydrogens (tertiary/aromatic N) is 1. The molecule has 0 aliphatic heterocycles. The van der Waals surface area contributed by atoms with Gasteiger partial charge in [-0.15, -0.1) is 11.8 Å². The highest BCUT2D eigenvalue weighted by molar-refractivity contribution is 7.99. The fourth-order valence-electron chi connectivity index (χ4n) is 7.45. The molecule has 1 unspecified atom stereocenters. The smallest absolute Gasteiger partial charge is 0.219 e. The van der Waals surface area contributed by atoms with Crippen molar-refractivity contribution in [1.82, 2.24) is 15.5 Å². The van der Waals surface area contributed by atoms with Gasteiger partial charge in [-0.2, -0.15) is 0 Å². The van der Waals surface area contributed by atoms with Crippen molar-refractivity contribution in [3.8, 4) is 0 Å². The predicted molar refractivity (Wildman–Crippen MR) is 154 cm³/mol. The highest BCUT2D eigenvalue weighted by Crippen LogP contribution is 2.53. The van der Waals surface area contributed by atoms with Crippen molar-refractivity contribution in [2.24, 2.45) is 23.7 Å². The van der Waals surface area contributed by atoms with Crippen molar-refractivity contribution in [1.29, 1.82) is 0 Å². The monoisotopic (exact) mass is 541 g/mol. The van der Waals surface area contributed by atoms with Gasteiger partial charge < -0.3 is 15.4 Å². The van der Waals surface area contributed by atoms with Gasteiger partial charge in [0.05, 0.1) is 6.04 Å². The second-order valence-electron chi connectivity index (χ2n) is 11.9. The number of likely N-dealkylation sites (N-methyl/N-ethyl adjacent to an activating group) is 1. The molecule has 1 amide bonds. The van der Waals surface area contributed by atoms with E-state index in [4.69, 9.17) is 0 Å². The zero-order chi connectivity index (χ0) is 26.9. The Bertz CT molecular complexity index is 911. The van der Waals surface area contributed by atoms with E-state index in [1.807, 2.05) is 35.8 Å². The third kappa shape index (κ3) is 7.70. The Kier molecular flexibility index (Phi) is 11.3. The number of rotatable bonds is 17. The summed E-state index contributed by atoms with van der Waals surface area (Å²) < 4.78 is 0. The van der Waals surface area contributed by atoms with Gasteiger partial charge in [0.25, 0.3) is 0 Å². The first-order valence-corrected chi connectivity index (χ1v) is 15.8. The first-order valence-electron chi connectivity index (χ1n) is 14.8. The van der Waals surface area contributed by atoms with Crippen LogP contribution in [0.1, 0.15) is 86.6 Å². The maximum Gasteiger partial charge on any atom is 0.219 e. The first kappa shape index (κ1) is 29.3. The van der Waals surface area contributed by atoms with Crippen LogP contribution in [0.4, 0.5) is 0 Å². The molecule has 4 fully saturated rings. The number of amides is 1. The molecule has 4 aliphatic rings. The molecule has 0 radical (unpaired) electrons. The third-order valence-corrected chi connectivity index (χ3v) is 10.5. The molecule has 6 nitrogen and oxygen atoms in total. The lowest BCUT2D eigenvalue weighted by atomic mass is 9.54. The molecule has 2 N–H and O–H groups in total. The van der Waals surface area contributed by atoms with Gasteiger partial charge in [0.2, 0.25) is 5.91 Å². The Morgan fingerprint density at radius 2 is 1.76 bits per heavy atom. The standard InChI is InChI=1S/C31H47N3O3S/c1-32-30(37)11-10-27(21-36)34(2)19-28-24(20-35)8-7-9-29(28)38-13-6-4-3-5-12-33-31-25-15-22-14-23(17-25)18-26(31)16-22/h7-9,20-23,25-27,31,33H,3-6,10-19H2,1-2H3,(H,32,37). The number of unbranched alkanes of at least 4 members (excludes halogenated alkanes) is 3. The molecule has 0 saturated heterocycles. The van der Waals surface area contributed by atoms with E-state index in [0.29, 0.717) is 24.9 Å². The van der Waals surface area contributed by atoms with Gasteiger partial charge in [-0.3, -0.25) is 14.5 Å². The summed E-state index contributed by atoms with van der Waals surface area (Å²) in [5.41, 5.74) is 1.65. The second kappa shape index (κ2) is 14.6. The van der Waals surface area contributed by atoms with Crippen LogP contribution < -0.4 is 10.6 Å². The van der Waals surface area contributed by atoms with Gasteiger partial charge in [-0.1, -0.05) is 25.0 Å². The van der Waals surface area contributed by atoms with E-state index in [2.05, 4.69) is 16.7 Å². The Labute approximate surface area is 233 Å². The molecular formula is C31H47N3O3S. The lowest BCUT2D eigenvalue weighted by molar-refractivity contribution is -0.121. The van der Waals surface area contributed by atoms with Gasteiger partial charge in [-0.05, 0) is 106 Å². The molecule has 0 aromatic heterocycles. The van der Waals surface area contributed by atoms with Gasteiger partial charge in [0.15, 0.2) is 0 Å². The summed E-state index contributed by atoms with van der Waals surface area (Å²) in [6.07, 6.45) is 14.9. The van der Waals surface area contributed by atoms with Crippen molar-refractivity contribution < 1.29 is 14.4 Å². The molecule has 4 saturated carbocycles. The molecule has 0 spiro atoms. The number of carbonyl (C=O) groups excluding carboxylic acids is 3. The molecule has 1 atom stereocenters. The molecule has 0 heterocycles. The Hall–Kier alpha value is -1.70. The molecule has 1 aromatic carbocycles. The predicted octanol–water partition coefficient (Wildman–Crippen LogP) is 5.09. The van der Waals surface area contributed by atoms with Crippen LogP contribution in [0.25, 0.3) is 0 Å². The van der Waals surface area contributed by atoms with E-state index in [1.54, 1.807) is 7.05 Å². The minimum absolute atomic E-state index is 0.0709. The molecule has 4 aliphatic carbocycles. The van der Waals surface area contributed by atoms with Crippen LogP contribution in [0.2, 0.25) is 0 Å². The topological polar surface area (TPSA) is 78.5 Å². The molecular weight excluding hydrogens is 494 g/mol. The molecule has 210 valence electrons. The average molecular weight is 542 g/mol. The number of carbonyl (C=O) groups is 3. The van der Waals surface area contributed by atoms with E-state index >= 15 is 0 Å². The summed E-state index contributed by atoms with van der Waals surface area (Å²) in [5, 5.41) is 6.57. The van der Waals surface area contributed by atoms with Crippen molar-refractivity contribution in [2.75, 3.05) is 26.4 Å². The number of nitrogens with one attached hydrogen (secondary N) is 2. The number of hydrogen-bond donors (Lipinski definition) is 2. The normalized spacial score (nSPS) is 26.4. The summed E-state index contributed by atoms with van der Waals surface area (Å²) in [5.74, 6) is 4.95. The average Bonchev–Trinajstić information content (AvgIpc) is 2.91. The Morgan fingerprint density at radius 1 is 1.05 bits per heavy atom. The second-order valence-corrected chi connectivity index (χ2v) is 13.1. The van der Waals surface area contributed by atoms with Crippen molar-refractivity contribution in [2.45, 2.75) is 94.2 Å². The number of thioether (sulfide) groups is 1. The fraction of sp³-hybridized carbons (Fsp3) is 0.710. The van der Waals surface area contributed by atoms with Gasteiger partial charge in [0.1, 0.15) is 12.6 Å². The maximum atomic E-state index is 11.8. The summed E-state index contributed by atoms with van der Waals surface area (Å²) in [7, 11) is 3.49. The van der Waals surface area contributed by atoms with E-state index in [-0.39, 0.29) is 11.9 Å². The summed E-state index contributed by atoms with van der Waals surface area (Å²) in [4.78, 5) is 38.1. The minimum Gasteiger partial charge on any atom is -0.359 e. The van der Waals surface area contributed by atoms with Crippen molar-refractivity contribution in [3.63, 3.8) is 0 Å². The molecule has 7 heteroatoms. The Morgan fingerprint density at radius 3 is 2.42 bits per heavy atom. The summed E-state index contributed by atoms with van der Waals surface area (Å²) >= 11 is 1.81. The molecule has 1 aromatic rings. The molecule has 38 heavy (non-hydrogen) atoms. The van der Waals surface area contributed by atoms with E-state index in [9.17, 15) is 14.4 Å². The first-order chi connectivity index (χ1) is 18.5. The van der Waals surface area contributed by atoms with Gasteiger partial charge in [0, 0.05) is 36.5 Å². The summed E-state index contributed by atoms with van der Waals surface area (Å²) in [6.45, 7) is 1.67. The SMILES string of the molecule is CNC(=O)CCC(C=O)N(C)Cc1c(C=O)cccc1SCCCCCCNC1C2CC3CC(C2)CC1C3. The summed E-state index contributed by atoms with van der Waals surface area (Å²) in [6, 6.07) is 6.29. The Balaban J connectivity index is 1.17. The zero-order valence-corrected chi connectivity index (χ0v) is 24.1. The lowest BCUT2D eigenvalue weighted by Gasteiger charge is -2.54. The minimum atomic E-state index is -0.364. The largest absolute Gasteiger partial charge is 0.359 e. The van der Waals surface area contributed by atoms with Crippen LogP contribution >= 0.6 is 11.8 Å². The number of aldehydes is 2. The van der Waals surface area contributed by atoms with E-state index < -0.39 is 0 Å². The third-order valence-electron chi connectivity index (χ3n) is 9.31. The van der Waals surface area contributed by atoms with E-state index in [0.717, 1.165) is 71.5 Å². The highest BCUT2D eigenvalue weighted by Gasteiger charge is 2.47. The van der Waals surface area contributed by atoms with Crippen LogP contribution in [0.3, 0.4) is 0 Å². The highest BCUT2D eigenvalue weighted by atomic mass is 32.2. The van der Waals surface area contributed by atoms with Crippen LogP contribution in [0, 0.1) is 23.7 Å². The van der Waals surface area contributed by atoms with Crippen LogP contribution in [0.5, 0.6) is 0 Å². The van der Waals surface area contributed by atoms with Crippen molar-refractivity contribution >= 4 is 30.2 Å². The fourth-order valence-corrected chi connectivity index (χ4v) is 8.55.